The van der Waals surface area contributed by atoms with Crippen LogP contribution in [0.25, 0.3) is 0 Å². The molecule has 0 heterocycles. The maximum Gasteiger partial charge on any atom is 0.472 e. The summed E-state index contributed by atoms with van der Waals surface area (Å²) in [5.41, 5.74) is 0. The Morgan fingerprint density at radius 1 is 0.252 bits per heavy atom. The Bertz CT molecular complexity index is 2200. The molecule has 17 nitrogen and oxygen atoms in total. The maximum absolute atomic E-state index is 13.2. The zero-order valence-electron chi connectivity index (χ0n) is 76.3. The molecule has 0 aromatic heterocycles. The van der Waals surface area contributed by atoms with Crippen molar-refractivity contribution in [3.8, 4) is 0 Å². The molecule has 0 saturated heterocycles. The number of ether oxygens (including phenoxy) is 4. The van der Waals surface area contributed by atoms with Crippen molar-refractivity contribution in [1.82, 2.24) is 0 Å². The van der Waals surface area contributed by atoms with Gasteiger partial charge in [0, 0.05) is 25.7 Å². The molecule has 0 radical (unpaired) electrons. The SMILES string of the molecule is CCCCCCCCCCCCCCCCCCCCCCCCC(=O)OC[C@H](COP(=O)(O)OC[C@@H](O)COP(=O)(O)OC[C@@H](COC(=O)CCCCCCCCCC(C)C)OC(=O)CCCCCCCCCCCCCCCCCCCCC(C)C)OC(=O)CCCCCCCCCCCCCCCCCCCCC(C)CC. The van der Waals surface area contributed by atoms with Crippen molar-refractivity contribution < 1.29 is 80.2 Å². The summed E-state index contributed by atoms with van der Waals surface area (Å²) >= 11 is 0. The molecule has 6 atom stereocenters. The van der Waals surface area contributed by atoms with E-state index in [0.717, 1.165) is 108 Å². The lowest BCUT2D eigenvalue weighted by atomic mass is 9.99. The van der Waals surface area contributed by atoms with E-state index in [-0.39, 0.29) is 25.7 Å². The third-order valence-corrected chi connectivity index (χ3v) is 24.9. The van der Waals surface area contributed by atoms with Gasteiger partial charge >= 0.3 is 39.5 Å². The molecule has 0 amide bonds. The molecule has 684 valence electrons. The van der Waals surface area contributed by atoms with Crippen LogP contribution in [0.15, 0.2) is 0 Å². The van der Waals surface area contributed by atoms with Crippen LogP contribution < -0.4 is 0 Å². The molecule has 0 rings (SSSR count). The van der Waals surface area contributed by atoms with E-state index in [2.05, 4.69) is 48.5 Å². The largest absolute Gasteiger partial charge is 0.472 e. The number of carbonyl (C=O) groups is 4. The number of carbonyl (C=O) groups excluding carboxylic acids is 4. The predicted octanol–water partition coefficient (Wildman–Crippen LogP) is 30.0. The topological polar surface area (TPSA) is 237 Å². The van der Waals surface area contributed by atoms with Gasteiger partial charge in [0.2, 0.25) is 0 Å². The van der Waals surface area contributed by atoms with E-state index in [4.69, 9.17) is 37.0 Å². The van der Waals surface area contributed by atoms with Crippen molar-refractivity contribution in [2.24, 2.45) is 17.8 Å². The van der Waals surface area contributed by atoms with E-state index >= 15 is 0 Å². The van der Waals surface area contributed by atoms with Crippen LogP contribution in [0.3, 0.4) is 0 Å². The summed E-state index contributed by atoms with van der Waals surface area (Å²) in [5.74, 6) is 0.300. The van der Waals surface area contributed by atoms with Crippen LogP contribution in [0.2, 0.25) is 0 Å². The summed E-state index contributed by atoms with van der Waals surface area (Å²) < 4.78 is 69.2. The molecule has 0 aromatic carbocycles. The van der Waals surface area contributed by atoms with Crippen molar-refractivity contribution >= 4 is 39.5 Å². The molecule has 0 saturated carbocycles. The van der Waals surface area contributed by atoms with Crippen LogP contribution >= 0.6 is 15.6 Å². The van der Waals surface area contributed by atoms with E-state index in [1.807, 2.05) is 0 Å². The highest BCUT2D eigenvalue weighted by atomic mass is 31.2. The number of aliphatic hydroxyl groups excluding tert-OH is 1. The number of aliphatic hydroxyl groups is 1. The molecule has 0 aromatic rings. The molecule has 3 N–H and O–H groups in total. The van der Waals surface area contributed by atoms with Gasteiger partial charge in [0.05, 0.1) is 26.4 Å². The number of hydrogen-bond donors (Lipinski definition) is 3. The summed E-state index contributed by atoms with van der Waals surface area (Å²) in [6.45, 7) is 12.1. The fourth-order valence-corrected chi connectivity index (χ4v) is 16.7. The van der Waals surface area contributed by atoms with Crippen LogP contribution in [0.5, 0.6) is 0 Å². The smallest absolute Gasteiger partial charge is 0.462 e. The number of unbranched alkanes of at least 4 members (excludes halogenated alkanes) is 61. The van der Waals surface area contributed by atoms with Crippen molar-refractivity contribution in [3.63, 3.8) is 0 Å². The van der Waals surface area contributed by atoms with E-state index in [1.54, 1.807) is 0 Å². The second-order valence-electron chi connectivity index (χ2n) is 35.7. The van der Waals surface area contributed by atoms with Crippen LogP contribution in [0.4, 0.5) is 0 Å². The summed E-state index contributed by atoms with van der Waals surface area (Å²) in [6, 6.07) is 0. The van der Waals surface area contributed by atoms with Crippen molar-refractivity contribution in [1.29, 1.82) is 0 Å². The number of esters is 4. The molecule has 0 bridgehead atoms. The minimum atomic E-state index is -4.97. The molecule has 0 fully saturated rings. The summed E-state index contributed by atoms with van der Waals surface area (Å²) in [4.78, 5) is 73.5. The lowest BCUT2D eigenvalue weighted by Gasteiger charge is -2.21. The fraction of sp³-hybridized carbons (Fsp3) is 0.958. The Hall–Kier alpha value is -1.94. The quantitative estimate of drug-likeness (QED) is 0.0222. The predicted molar refractivity (Wildman–Crippen MR) is 478 cm³/mol. The first-order valence-electron chi connectivity index (χ1n) is 49.4. The van der Waals surface area contributed by atoms with E-state index in [9.17, 15) is 43.2 Å². The van der Waals surface area contributed by atoms with Gasteiger partial charge in [-0.2, -0.15) is 0 Å². The lowest BCUT2D eigenvalue weighted by molar-refractivity contribution is -0.161. The van der Waals surface area contributed by atoms with Gasteiger partial charge in [-0.3, -0.25) is 37.3 Å². The second kappa shape index (κ2) is 85.6. The number of rotatable bonds is 94. The number of phosphoric acid groups is 2. The third-order valence-electron chi connectivity index (χ3n) is 23.0. The Morgan fingerprint density at radius 3 is 0.661 bits per heavy atom. The van der Waals surface area contributed by atoms with Gasteiger partial charge in [0.15, 0.2) is 12.2 Å². The Kier molecular flexibility index (Phi) is 84.2. The van der Waals surface area contributed by atoms with Crippen molar-refractivity contribution in [2.75, 3.05) is 39.6 Å². The van der Waals surface area contributed by atoms with E-state index in [0.29, 0.717) is 31.6 Å². The highest BCUT2D eigenvalue weighted by Gasteiger charge is 2.31. The van der Waals surface area contributed by atoms with Crippen LogP contribution in [-0.4, -0.2) is 96.7 Å². The molecule has 3 unspecified atom stereocenters. The van der Waals surface area contributed by atoms with Gasteiger partial charge < -0.3 is 33.8 Å². The normalized spacial score (nSPS) is 13.9. The zero-order chi connectivity index (χ0) is 84.3. The lowest BCUT2D eigenvalue weighted by Crippen LogP contribution is -2.30. The monoisotopic (exact) mass is 1680 g/mol. The van der Waals surface area contributed by atoms with Gasteiger partial charge in [-0.25, -0.2) is 9.13 Å². The Morgan fingerprint density at radius 2 is 0.443 bits per heavy atom. The molecule has 0 aliphatic carbocycles. The van der Waals surface area contributed by atoms with Crippen LogP contribution in [0, 0.1) is 17.8 Å². The average molecular weight is 1680 g/mol. The summed E-state index contributed by atoms with van der Waals surface area (Å²) in [5, 5.41) is 10.7. The first-order valence-corrected chi connectivity index (χ1v) is 52.4. The Labute approximate surface area is 708 Å². The number of phosphoric ester groups is 2. The molecule has 115 heavy (non-hydrogen) atoms. The van der Waals surface area contributed by atoms with Gasteiger partial charge in [0.1, 0.15) is 19.3 Å². The molecular weight excluding hydrogens is 1490 g/mol. The van der Waals surface area contributed by atoms with Crippen molar-refractivity contribution in [3.05, 3.63) is 0 Å². The fourth-order valence-electron chi connectivity index (χ4n) is 15.1. The van der Waals surface area contributed by atoms with E-state index < -0.39 is 97.5 Å². The first-order chi connectivity index (χ1) is 55.8. The van der Waals surface area contributed by atoms with Gasteiger partial charge in [0.25, 0.3) is 0 Å². The third kappa shape index (κ3) is 88.2. The van der Waals surface area contributed by atoms with Gasteiger partial charge in [-0.15, -0.1) is 0 Å². The van der Waals surface area contributed by atoms with Crippen molar-refractivity contribution in [2.45, 2.75) is 535 Å². The molecular formula is C96H188O17P2. The van der Waals surface area contributed by atoms with Crippen LogP contribution in [0.1, 0.15) is 517 Å². The molecule has 0 aliphatic heterocycles. The number of hydrogen-bond acceptors (Lipinski definition) is 15. The van der Waals surface area contributed by atoms with Gasteiger partial charge in [-0.05, 0) is 43.4 Å². The Balaban J connectivity index is 5.20. The highest BCUT2D eigenvalue weighted by Crippen LogP contribution is 2.45. The van der Waals surface area contributed by atoms with Gasteiger partial charge in [-0.1, -0.05) is 466 Å². The summed E-state index contributed by atoms with van der Waals surface area (Å²) in [7, 11) is -9.94. The molecule has 0 spiro atoms. The van der Waals surface area contributed by atoms with E-state index in [1.165, 1.54) is 321 Å². The zero-order valence-corrected chi connectivity index (χ0v) is 78.1. The standard InChI is InChI=1S/C96H188O17P2/c1-8-10-11-12-13-14-15-16-17-18-19-20-21-22-29-34-39-44-49-56-63-70-77-93(98)106-83-91(112-95(100)79-72-65-58-51-46-41-36-31-26-24-28-33-38-43-48-55-62-69-76-89(7)9-2)85-110-114(102,103)108-81-90(97)82-109-115(104,105)111-86-92(84-107-94(99)78-71-64-59-52-54-61-68-75-88(5)6)113-96(101)80-73-66-57-50-45-40-35-30-25-23-27-32-37-42-47-53-60-67-74-87(3)4/h87-92,97H,8-86H2,1-7H3,(H,102,103)(H,104,105)/t89?,90-,91-,92-/m1/s1. The minimum absolute atomic E-state index is 0.108. The molecule has 0 aliphatic rings. The molecule has 19 heteroatoms. The first kappa shape index (κ1) is 113. The maximum atomic E-state index is 13.2. The average Bonchev–Trinajstić information content (AvgIpc) is 0.898. The summed E-state index contributed by atoms with van der Waals surface area (Å²) in [6.07, 6.45) is 80.9. The second-order valence-corrected chi connectivity index (χ2v) is 38.6. The highest BCUT2D eigenvalue weighted by molar-refractivity contribution is 7.47. The van der Waals surface area contributed by atoms with Crippen LogP contribution in [-0.2, 0) is 65.4 Å². The minimum Gasteiger partial charge on any atom is -0.462 e.